The molecule has 0 aliphatic heterocycles. The van der Waals surface area contributed by atoms with Crippen LogP contribution in [0, 0.1) is 5.92 Å². The molecular weight excluding hydrogens is 280 g/mol. The van der Waals surface area contributed by atoms with Crippen molar-refractivity contribution in [1.29, 1.82) is 0 Å². The minimum absolute atomic E-state index is 0.0162. The van der Waals surface area contributed by atoms with Crippen LogP contribution in [0.4, 0.5) is 5.69 Å². The second kappa shape index (κ2) is 8.44. The number of hydrogen-bond donors (Lipinski definition) is 2. The molecule has 1 unspecified atom stereocenters. The molecule has 116 valence electrons. The number of carbonyl (C=O) groups is 1. The van der Waals surface area contributed by atoms with Crippen LogP contribution in [0.1, 0.15) is 39.5 Å². The average molecular weight is 306 g/mol. The highest BCUT2D eigenvalue weighted by Crippen LogP contribution is 2.34. The highest BCUT2D eigenvalue weighted by atomic mass is 32.2. The number of hydrogen-bond acceptors (Lipinski definition) is 3. The second-order valence-electron chi connectivity index (χ2n) is 5.75. The Morgan fingerprint density at radius 1 is 1.29 bits per heavy atom. The molecule has 0 aromatic heterocycles. The van der Waals surface area contributed by atoms with Crippen LogP contribution in [-0.2, 0) is 4.79 Å². The van der Waals surface area contributed by atoms with E-state index < -0.39 is 0 Å². The minimum Gasteiger partial charge on any atom is -0.326 e. The van der Waals surface area contributed by atoms with Gasteiger partial charge in [0.05, 0.1) is 0 Å². The zero-order chi connectivity index (χ0) is 15.1. The summed E-state index contributed by atoms with van der Waals surface area (Å²) in [5.74, 6) is 0.0598. The molecule has 0 spiro atoms. The van der Waals surface area contributed by atoms with E-state index in [9.17, 15) is 4.79 Å². The number of carbonyl (C=O) groups excluding carboxylic acids is 1. The molecule has 1 aliphatic rings. The Kier molecular flexibility index (Phi) is 6.58. The van der Waals surface area contributed by atoms with Gasteiger partial charge >= 0.3 is 0 Å². The molecule has 21 heavy (non-hydrogen) atoms. The molecule has 0 radical (unpaired) electrons. The SMILES string of the molecule is CCNCC(C)C(=O)Nc1ccc(SC2CCCC2)cc1. The Hall–Kier alpha value is -1.00. The Bertz CT molecular complexity index is 441. The van der Waals surface area contributed by atoms with Crippen molar-refractivity contribution in [1.82, 2.24) is 5.32 Å². The lowest BCUT2D eigenvalue weighted by atomic mass is 10.1. The van der Waals surface area contributed by atoms with Crippen LogP contribution in [0.3, 0.4) is 0 Å². The van der Waals surface area contributed by atoms with Crippen molar-refractivity contribution in [2.75, 3.05) is 18.4 Å². The van der Waals surface area contributed by atoms with Crippen molar-refractivity contribution in [3.05, 3.63) is 24.3 Å². The van der Waals surface area contributed by atoms with Crippen molar-refractivity contribution < 1.29 is 4.79 Å². The second-order valence-corrected chi connectivity index (χ2v) is 7.12. The summed E-state index contributed by atoms with van der Waals surface area (Å²) in [6, 6.07) is 8.26. The van der Waals surface area contributed by atoms with Crippen LogP contribution in [0.25, 0.3) is 0 Å². The van der Waals surface area contributed by atoms with Gasteiger partial charge in [-0.15, -0.1) is 11.8 Å². The maximum atomic E-state index is 12.0. The summed E-state index contributed by atoms with van der Waals surface area (Å²) in [4.78, 5) is 13.3. The average Bonchev–Trinajstić information content (AvgIpc) is 2.99. The predicted octanol–water partition coefficient (Wildman–Crippen LogP) is 3.91. The smallest absolute Gasteiger partial charge is 0.228 e. The molecule has 0 saturated heterocycles. The third-order valence-corrected chi connectivity index (χ3v) is 5.22. The first-order valence-corrected chi connectivity index (χ1v) is 8.85. The molecule has 1 aromatic carbocycles. The van der Waals surface area contributed by atoms with E-state index in [4.69, 9.17) is 0 Å². The summed E-state index contributed by atoms with van der Waals surface area (Å²) in [6.45, 7) is 5.61. The van der Waals surface area contributed by atoms with Gasteiger partial charge in [-0.3, -0.25) is 4.79 Å². The van der Waals surface area contributed by atoms with Gasteiger partial charge in [0.25, 0.3) is 0 Å². The fourth-order valence-electron chi connectivity index (χ4n) is 2.53. The predicted molar refractivity (Wildman–Crippen MR) is 90.9 cm³/mol. The molecule has 1 atom stereocenters. The van der Waals surface area contributed by atoms with E-state index in [2.05, 4.69) is 22.8 Å². The first-order valence-electron chi connectivity index (χ1n) is 7.97. The lowest BCUT2D eigenvalue weighted by Crippen LogP contribution is -2.30. The van der Waals surface area contributed by atoms with Gasteiger partial charge in [-0.25, -0.2) is 0 Å². The molecule has 1 saturated carbocycles. The van der Waals surface area contributed by atoms with Gasteiger partial charge in [0, 0.05) is 28.3 Å². The van der Waals surface area contributed by atoms with E-state index >= 15 is 0 Å². The fraction of sp³-hybridized carbons (Fsp3) is 0.588. The molecular formula is C17H26N2OS. The number of rotatable bonds is 7. The van der Waals surface area contributed by atoms with Crippen LogP contribution >= 0.6 is 11.8 Å². The van der Waals surface area contributed by atoms with E-state index in [1.54, 1.807) is 0 Å². The van der Waals surface area contributed by atoms with E-state index in [1.165, 1.54) is 30.6 Å². The normalized spacial score (nSPS) is 16.9. The van der Waals surface area contributed by atoms with Crippen LogP contribution in [0.5, 0.6) is 0 Å². The lowest BCUT2D eigenvalue weighted by molar-refractivity contribution is -0.119. The zero-order valence-corrected chi connectivity index (χ0v) is 13.8. The maximum absolute atomic E-state index is 12.0. The summed E-state index contributed by atoms with van der Waals surface area (Å²) < 4.78 is 0. The first-order chi connectivity index (χ1) is 10.2. The Morgan fingerprint density at radius 2 is 1.95 bits per heavy atom. The van der Waals surface area contributed by atoms with Gasteiger partial charge in [0.1, 0.15) is 0 Å². The molecule has 1 amide bonds. The molecule has 4 heteroatoms. The number of amides is 1. The van der Waals surface area contributed by atoms with Crippen molar-refractivity contribution in [2.45, 2.75) is 49.7 Å². The van der Waals surface area contributed by atoms with Crippen LogP contribution in [0.2, 0.25) is 0 Å². The molecule has 3 nitrogen and oxygen atoms in total. The Morgan fingerprint density at radius 3 is 2.57 bits per heavy atom. The monoisotopic (exact) mass is 306 g/mol. The van der Waals surface area contributed by atoms with Gasteiger partial charge in [-0.05, 0) is 43.7 Å². The number of anilines is 1. The fourth-order valence-corrected chi connectivity index (χ4v) is 3.78. The van der Waals surface area contributed by atoms with E-state index in [-0.39, 0.29) is 11.8 Å². The largest absolute Gasteiger partial charge is 0.326 e. The minimum atomic E-state index is -0.0162. The number of benzene rings is 1. The number of thioether (sulfide) groups is 1. The van der Waals surface area contributed by atoms with Gasteiger partial charge < -0.3 is 10.6 Å². The molecule has 1 aliphatic carbocycles. The van der Waals surface area contributed by atoms with Crippen molar-refractivity contribution in [3.63, 3.8) is 0 Å². The molecule has 0 bridgehead atoms. The quantitative estimate of drug-likeness (QED) is 0.802. The zero-order valence-electron chi connectivity index (χ0n) is 13.0. The third kappa shape index (κ3) is 5.36. The summed E-state index contributed by atoms with van der Waals surface area (Å²) in [5, 5.41) is 6.97. The van der Waals surface area contributed by atoms with E-state index in [0.717, 1.165) is 24.0 Å². The number of nitrogens with one attached hydrogen (secondary N) is 2. The van der Waals surface area contributed by atoms with Crippen molar-refractivity contribution in [2.24, 2.45) is 5.92 Å². The summed E-state index contributed by atoms with van der Waals surface area (Å²) >= 11 is 1.97. The lowest BCUT2D eigenvalue weighted by Gasteiger charge is -2.13. The van der Waals surface area contributed by atoms with E-state index in [0.29, 0.717) is 0 Å². The molecule has 1 aromatic rings. The standard InChI is InChI=1S/C17H26N2OS/c1-3-18-12-13(2)17(20)19-14-8-10-16(11-9-14)21-15-6-4-5-7-15/h8-11,13,15,18H,3-7,12H2,1-2H3,(H,19,20). The third-order valence-electron chi connectivity index (χ3n) is 3.87. The summed E-state index contributed by atoms with van der Waals surface area (Å²) in [7, 11) is 0. The van der Waals surface area contributed by atoms with Crippen molar-refractivity contribution >= 4 is 23.4 Å². The molecule has 0 heterocycles. The molecule has 2 rings (SSSR count). The first kappa shape index (κ1) is 16.4. The van der Waals surface area contributed by atoms with Crippen LogP contribution < -0.4 is 10.6 Å². The summed E-state index contributed by atoms with van der Waals surface area (Å²) in [5.41, 5.74) is 0.888. The Balaban J connectivity index is 1.82. The van der Waals surface area contributed by atoms with Crippen molar-refractivity contribution in [3.8, 4) is 0 Å². The topological polar surface area (TPSA) is 41.1 Å². The Labute approximate surface area is 132 Å². The van der Waals surface area contributed by atoms with Gasteiger partial charge in [0.15, 0.2) is 0 Å². The van der Waals surface area contributed by atoms with Crippen LogP contribution in [-0.4, -0.2) is 24.2 Å². The van der Waals surface area contributed by atoms with Gasteiger partial charge in [-0.2, -0.15) is 0 Å². The highest BCUT2D eigenvalue weighted by molar-refractivity contribution is 8.00. The van der Waals surface area contributed by atoms with E-state index in [1.807, 2.05) is 37.7 Å². The maximum Gasteiger partial charge on any atom is 0.228 e. The van der Waals surface area contributed by atoms with Gasteiger partial charge in [-0.1, -0.05) is 26.7 Å². The highest BCUT2D eigenvalue weighted by Gasteiger charge is 2.16. The van der Waals surface area contributed by atoms with Gasteiger partial charge in [0.2, 0.25) is 5.91 Å². The van der Waals surface area contributed by atoms with Crippen LogP contribution in [0.15, 0.2) is 29.2 Å². The molecule has 1 fully saturated rings. The molecule has 2 N–H and O–H groups in total. The summed E-state index contributed by atoms with van der Waals surface area (Å²) in [6.07, 6.45) is 5.42.